The molecule has 1 saturated heterocycles. The van der Waals surface area contributed by atoms with E-state index in [0.29, 0.717) is 13.0 Å². The molecular formula is C17H28ClN3O. The van der Waals surface area contributed by atoms with Gasteiger partial charge in [-0.3, -0.25) is 9.69 Å². The van der Waals surface area contributed by atoms with Gasteiger partial charge in [-0.1, -0.05) is 30.3 Å². The summed E-state index contributed by atoms with van der Waals surface area (Å²) in [6.45, 7) is 8.51. The van der Waals surface area contributed by atoms with E-state index < -0.39 is 0 Å². The lowest BCUT2D eigenvalue weighted by Crippen LogP contribution is -2.59. The van der Waals surface area contributed by atoms with E-state index in [-0.39, 0.29) is 23.9 Å². The Bertz CT molecular complexity index is 464. The molecule has 0 bridgehead atoms. The summed E-state index contributed by atoms with van der Waals surface area (Å²) in [6, 6.07) is 10.5. The first-order chi connectivity index (χ1) is 10.0. The number of hydrogen-bond donors (Lipinski definition) is 1. The number of nitrogens with zero attached hydrogens (tertiary/aromatic N) is 2. The van der Waals surface area contributed by atoms with Crippen molar-refractivity contribution in [1.82, 2.24) is 9.80 Å². The topological polar surface area (TPSA) is 49.6 Å². The molecule has 1 aliphatic heterocycles. The molecule has 124 valence electrons. The summed E-state index contributed by atoms with van der Waals surface area (Å²) in [5.41, 5.74) is 6.82. The molecule has 1 aromatic rings. The Kier molecular flexibility index (Phi) is 7.33. The molecule has 2 rings (SSSR count). The Morgan fingerprint density at radius 2 is 1.91 bits per heavy atom. The summed E-state index contributed by atoms with van der Waals surface area (Å²) in [5.74, 6) is 0.243. The fourth-order valence-electron chi connectivity index (χ4n) is 2.91. The van der Waals surface area contributed by atoms with Crippen molar-refractivity contribution >= 4 is 18.3 Å². The quantitative estimate of drug-likeness (QED) is 0.903. The van der Waals surface area contributed by atoms with Gasteiger partial charge < -0.3 is 10.6 Å². The molecule has 2 N–H and O–H groups in total. The zero-order valence-corrected chi connectivity index (χ0v) is 14.4. The van der Waals surface area contributed by atoms with Crippen molar-refractivity contribution in [3.63, 3.8) is 0 Å². The lowest BCUT2D eigenvalue weighted by molar-refractivity contribution is -0.136. The maximum atomic E-state index is 12.2. The summed E-state index contributed by atoms with van der Waals surface area (Å²) in [5, 5.41) is 0. The number of rotatable bonds is 5. The Morgan fingerprint density at radius 3 is 2.50 bits per heavy atom. The largest absolute Gasteiger partial charge is 0.340 e. The van der Waals surface area contributed by atoms with Crippen LogP contribution in [0.4, 0.5) is 0 Å². The maximum Gasteiger partial charge on any atom is 0.222 e. The number of nitrogens with two attached hydrogens (primary N) is 1. The van der Waals surface area contributed by atoms with Crippen molar-refractivity contribution < 1.29 is 4.79 Å². The van der Waals surface area contributed by atoms with Gasteiger partial charge in [0.15, 0.2) is 0 Å². The molecule has 0 atom stereocenters. The SMILES string of the molecule is CC1(C)CN(C(=O)CCCN)CCN1Cc1ccccc1.Cl. The molecule has 1 heterocycles. The van der Waals surface area contributed by atoms with Gasteiger partial charge in [-0.25, -0.2) is 0 Å². The number of halogens is 1. The average Bonchev–Trinajstić information content (AvgIpc) is 2.47. The number of piperazine rings is 1. The van der Waals surface area contributed by atoms with Crippen LogP contribution >= 0.6 is 12.4 Å². The Morgan fingerprint density at radius 1 is 1.23 bits per heavy atom. The van der Waals surface area contributed by atoms with E-state index in [1.165, 1.54) is 5.56 Å². The summed E-state index contributed by atoms with van der Waals surface area (Å²) in [7, 11) is 0. The molecule has 4 nitrogen and oxygen atoms in total. The molecule has 0 unspecified atom stereocenters. The van der Waals surface area contributed by atoms with Crippen molar-refractivity contribution in [3.05, 3.63) is 35.9 Å². The van der Waals surface area contributed by atoms with E-state index in [2.05, 4.69) is 43.0 Å². The third-order valence-electron chi connectivity index (χ3n) is 4.24. The van der Waals surface area contributed by atoms with Crippen LogP contribution < -0.4 is 5.73 Å². The van der Waals surface area contributed by atoms with Gasteiger partial charge in [0.05, 0.1) is 0 Å². The third kappa shape index (κ3) is 4.97. The second kappa shape index (κ2) is 8.51. The standard InChI is InChI=1S/C17H27N3O.ClH/c1-17(2)14-19(16(21)9-6-10-18)11-12-20(17)13-15-7-4-3-5-8-15;/h3-5,7-8H,6,9-14,18H2,1-2H3;1H. The summed E-state index contributed by atoms with van der Waals surface area (Å²) in [4.78, 5) is 16.6. The van der Waals surface area contributed by atoms with Crippen molar-refractivity contribution in [3.8, 4) is 0 Å². The van der Waals surface area contributed by atoms with E-state index in [9.17, 15) is 4.79 Å². The highest BCUT2D eigenvalue weighted by Crippen LogP contribution is 2.23. The molecule has 0 spiro atoms. The second-order valence-corrected chi connectivity index (χ2v) is 6.43. The van der Waals surface area contributed by atoms with Gasteiger partial charge in [-0.15, -0.1) is 12.4 Å². The van der Waals surface area contributed by atoms with Gasteiger partial charge in [0, 0.05) is 38.1 Å². The predicted octanol–water partition coefficient (Wildman–Crippen LogP) is 2.27. The minimum atomic E-state index is 0. The highest BCUT2D eigenvalue weighted by atomic mass is 35.5. The van der Waals surface area contributed by atoms with Gasteiger partial charge in [0.25, 0.3) is 0 Å². The van der Waals surface area contributed by atoms with Gasteiger partial charge in [0.1, 0.15) is 0 Å². The first kappa shape index (κ1) is 18.9. The number of benzene rings is 1. The van der Waals surface area contributed by atoms with E-state index in [1.54, 1.807) is 0 Å². The van der Waals surface area contributed by atoms with E-state index in [0.717, 1.165) is 32.6 Å². The number of carbonyl (C=O) groups excluding carboxylic acids is 1. The fraction of sp³-hybridized carbons (Fsp3) is 0.588. The smallest absolute Gasteiger partial charge is 0.222 e. The van der Waals surface area contributed by atoms with E-state index in [4.69, 9.17) is 5.73 Å². The van der Waals surface area contributed by atoms with E-state index >= 15 is 0 Å². The summed E-state index contributed by atoms with van der Waals surface area (Å²) >= 11 is 0. The Labute approximate surface area is 140 Å². The van der Waals surface area contributed by atoms with Gasteiger partial charge in [-0.2, -0.15) is 0 Å². The van der Waals surface area contributed by atoms with Crippen LogP contribution in [0.1, 0.15) is 32.3 Å². The van der Waals surface area contributed by atoms with E-state index in [1.807, 2.05) is 11.0 Å². The summed E-state index contributed by atoms with van der Waals surface area (Å²) < 4.78 is 0. The minimum absolute atomic E-state index is 0. The average molecular weight is 326 g/mol. The number of amides is 1. The van der Waals surface area contributed by atoms with Gasteiger partial charge in [-0.05, 0) is 32.4 Å². The van der Waals surface area contributed by atoms with Crippen LogP contribution in [-0.2, 0) is 11.3 Å². The molecule has 0 aromatic heterocycles. The molecule has 5 heteroatoms. The first-order valence-corrected chi connectivity index (χ1v) is 7.80. The molecule has 0 radical (unpaired) electrons. The minimum Gasteiger partial charge on any atom is -0.340 e. The zero-order valence-electron chi connectivity index (χ0n) is 13.6. The zero-order chi connectivity index (χ0) is 15.3. The highest BCUT2D eigenvalue weighted by molar-refractivity contribution is 5.85. The first-order valence-electron chi connectivity index (χ1n) is 7.80. The van der Waals surface area contributed by atoms with Crippen LogP contribution in [0.5, 0.6) is 0 Å². The van der Waals surface area contributed by atoms with Crippen LogP contribution in [0, 0.1) is 0 Å². The van der Waals surface area contributed by atoms with Crippen LogP contribution in [-0.4, -0.2) is 47.4 Å². The fourth-order valence-corrected chi connectivity index (χ4v) is 2.91. The van der Waals surface area contributed by atoms with Crippen LogP contribution in [0.3, 0.4) is 0 Å². The maximum absolute atomic E-state index is 12.2. The monoisotopic (exact) mass is 325 g/mol. The highest BCUT2D eigenvalue weighted by Gasteiger charge is 2.35. The molecule has 0 saturated carbocycles. The summed E-state index contributed by atoms with van der Waals surface area (Å²) in [6.07, 6.45) is 1.36. The van der Waals surface area contributed by atoms with Crippen LogP contribution in [0.25, 0.3) is 0 Å². The molecule has 1 fully saturated rings. The molecular weight excluding hydrogens is 298 g/mol. The number of hydrogen-bond acceptors (Lipinski definition) is 3. The van der Waals surface area contributed by atoms with Crippen LogP contribution in [0.15, 0.2) is 30.3 Å². The van der Waals surface area contributed by atoms with Gasteiger partial charge in [0.2, 0.25) is 5.91 Å². The van der Waals surface area contributed by atoms with Crippen molar-refractivity contribution in [2.45, 2.75) is 38.8 Å². The lowest BCUT2D eigenvalue weighted by Gasteiger charge is -2.47. The molecule has 1 aromatic carbocycles. The van der Waals surface area contributed by atoms with Crippen molar-refractivity contribution in [1.29, 1.82) is 0 Å². The normalized spacial score (nSPS) is 17.9. The third-order valence-corrected chi connectivity index (χ3v) is 4.24. The molecule has 1 amide bonds. The number of carbonyl (C=O) groups is 1. The lowest BCUT2D eigenvalue weighted by atomic mass is 9.97. The van der Waals surface area contributed by atoms with Crippen molar-refractivity contribution in [2.24, 2.45) is 5.73 Å². The molecule has 0 aliphatic carbocycles. The van der Waals surface area contributed by atoms with Gasteiger partial charge >= 0.3 is 0 Å². The van der Waals surface area contributed by atoms with Crippen molar-refractivity contribution in [2.75, 3.05) is 26.2 Å². The van der Waals surface area contributed by atoms with Crippen LogP contribution in [0.2, 0.25) is 0 Å². The Balaban J connectivity index is 0.00000242. The second-order valence-electron chi connectivity index (χ2n) is 6.43. The predicted molar refractivity (Wildman–Crippen MR) is 93.0 cm³/mol. The molecule has 22 heavy (non-hydrogen) atoms. The molecule has 1 aliphatic rings. The Hall–Kier alpha value is -1.10.